The molecule has 0 radical (unpaired) electrons. The van der Waals surface area contributed by atoms with Crippen molar-refractivity contribution in [2.75, 3.05) is 0 Å². The van der Waals surface area contributed by atoms with Gasteiger partial charge < -0.3 is 5.41 Å². The van der Waals surface area contributed by atoms with E-state index in [-0.39, 0.29) is 10.8 Å². The van der Waals surface area contributed by atoms with E-state index in [0.717, 1.165) is 28.8 Å². The van der Waals surface area contributed by atoms with Crippen molar-refractivity contribution in [2.24, 2.45) is 5.41 Å². The molecule has 2 aromatic rings. The molecule has 1 aromatic carbocycles. The summed E-state index contributed by atoms with van der Waals surface area (Å²) in [6.07, 6.45) is 4.30. The lowest BCUT2D eigenvalue weighted by atomic mass is 9.67. The van der Waals surface area contributed by atoms with Crippen molar-refractivity contribution in [2.45, 2.75) is 53.4 Å². The Morgan fingerprint density at radius 1 is 1.28 bits per heavy atom. The van der Waals surface area contributed by atoms with Crippen LogP contribution in [0.15, 0.2) is 42.1 Å². The summed E-state index contributed by atoms with van der Waals surface area (Å²) in [4.78, 5) is 4.68. The average Bonchev–Trinajstić information content (AvgIpc) is 2.50. The molecule has 0 unspecified atom stereocenters. The van der Waals surface area contributed by atoms with E-state index in [1.165, 1.54) is 28.1 Å². The Bertz CT molecular complexity index is 921. The topological polar surface area (TPSA) is 36.7 Å². The molecule has 0 fully saturated rings. The van der Waals surface area contributed by atoms with Gasteiger partial charge in [-0.25, -0.2) is 0 Å². The number of rotatable bonds is 3. The maximum absolute atomic E-state index is 7.72. The van der Waals surface area contributed by atoms with E-state index in [1.807, 2.05) is 6.20 Å². The van der Waals surface area contributed by atoms with Crippen molar-refractivity contribution in [1.29, 1.82) is 5.41 Å². The fourth-order valence-electron chi connectivity index (χ4n) is 4.31. The van der Waals surface area contributed by atoms with E-state index in [1.54, 1.807) is 0 Å². The molecule has 0 saturated heterocycles. The molecule has 1 aliphatic carbocycles. The first kappa shape index (κ1) is 17.6. The highest BCUT2D eigenvalue weighted by Gasteiger charge is 2.36. The number of pyridine rings is 1. The SMILES string of the molecule is C=C(C=N)C1=C(C)c2nccc3cc(CC(C)(C)C)cc(c23)C1(C)C. The van der Waals surface area contributed by atoms with Crippen LogP contribution in [0.25, 0.3) is 16.3 Å². The number of aromatic nitrogens is 1. The zero-order valence-corrected chi connectivity index (χ0v) is 16.2. The van der Waals surface area contributed by atoms with Gasteiger partial charge in [0.2, 0.25) is 0 Å². The monoisotopic (exact) mass is 332 g/mol. The Morgan fingerprint density at radius 2 is 1.96 bits per heavy atom. The number of nitrogens with one attached hydrogen (secondary N) is 1. The third kappa shape index (κ3) is 2.84. The summed E-state index contributed by atoms with van der Waals surface area (Å²) in [7, 11) is 0. The number of nitrogens with zero attached hydrogens (tertiary/aromatic N) is 1. The molecule has 2 heteroatoms. The Labute approximate surface area is 151 Å². The third-order valence-electron chi connectivity index (χ3n) is 5.18. The van der Waals surface area contributed by atoms with Crippen LogP contribution in [0.3, 0.4) is 0 Å². The van der Waals surface area contributed by atoms with Crippen LogP contribution in [0.4, 0.5) is 0 Å². The van der Waals surface area contributed by atoms with Gasteiger partial charge in [-0.3, -0.25) is 4.98 Å². The fourth-order valence-corrected chi connectivity index (χ4v) is 4.31. The number of hydrogen-bond donors (Lipinski definition) is 1. The molecule has 0 spiro atoms. The third-order valence-corrected chi connectivity index (χ3v) is 5.18. The van der Waals surface area contributed by atoms with Crippen LogP contribution in [-0.4, -0.2) is 11.2 Å². The van der Waals surface area contributed by atoms with Crippen LogP contribution in [0.1, 0.15) is 58.4 Å². The van der Waals surface area contributed by atoms with Gasteiger partial charge in [0.25, 0.3) is 0 Å². The smallest absolute Gasteiger partial charge is 0.0743 e. The number of hydrogen-bond acceptors (Lipinski definition) is 2. The summed E-state index contributed by atoms with van der Waals surface area (Å²) in [6, 6.07) is 6.78. The van der Waals surface area contributed by atoms with Crippen molar-refractivity contribution >= 4 is 22.6 Å². The quantitative estimate of drug-likeness (QED) is 0.678. The van der Waals surface area contributed by atoms with E-state index >= 15 is 0 Å². The van der Waals surface area contributed by atoms with Crippen LogP contribution in [0.5, 0.6) is 0 Å². The molecule has 0 atom stereocenters. The minimum atomic E-state index is -0.194. The second-order valence-electron chi connectivity index (χ2n) is 8.93. The maximum atomic E-state index is 7.72. The van der Waals surface area contributed by atoms with Crippen molar-refractivity contribution in [3.05, 3.63) is 58.9 Å². The summed E-state index contributed by atoms with van der Waals surface area (Å²) < 4.78 is 0. The van der Waals surface area contributed by atoms with E-state index < -0.39 is 0 Å². The Morgan fingerprint density at radius 3 is 2.56 bits per heavy atom. The van der Waals surface area contributed by atoms with Crippen LogP contribution in [0, 0.1) is 10.8 Å². The maximum Gasteiger partial charge on any atom is 0.0743 e. The predicted octanol–water partition coefficient (Wildman–Crippen LogP) is 6.09. The van der Waals surface area contributed by atoms with Crippen LogP contribution in [0.2, 0.25) is 0 Å². The first-order valence-corrected chi connectivity index (χ1v) is 8.90. The Hall–Kier alpha value is -2.22. The highest BCUT2D eigenvalue weighted by Crippen LogP contribution is 2.48. The van der Waals surface area contributed by atoms with Crippen molar-refractivity contribution in [3.63, 3.8) is 0 Å². The lowest BCUT2D eigenvalue weighted by Crippen LogP contribution is -2.27. The second kappa shape index (κ2) is 5.66. The van der Waals surface area contributed by atoms with Crippen molar-refractivity contribution in [1.82, 2.24) is 4.98 Å². The summed E-state index contributed by atoms with van der Waals surface area (Å²) in [5.74, 6) is 0. The second-order valence-corrected chi connectivity index (χ2v) is 8.93. The first-order valence-electron chi connectivity index (χ1n) is 8.90. The van der Waals surface area contributed by atoms with Crippen molar-refractivity contribution < 1.29 is 0 Å². The van der Waals surface area contributed by atoms with Crippen molar-refractivity contribution in [3.8, 4) is 0 Å². The highest BCUT2D eigenvalue weighted by atomic mass is 14.7. The van der Waals surface area contributed by atoms with Gasteiger partial charge in [0.15, 0.2) is 0 Å². The van der Waals surface area contributed by atoms with Gasteiger partial charge in [0.1, 0.15) is 0 Å². The summed E-state index contributed by atoms with van der Waals surface area (Å²) in [6.45, 7) is 17.6. The molecule has 1 aromatic heterocycles. The zero-order chi connectivity index (χ0) is 18.6. The molecule has 0 saturated carbocycles. The Kier molecular flexibility index (Phi) is 3.98. The highest BCUT2D eigenvalue weighted by molar-refractivity contribution is 6.02. The molecule has 3 rings (SSSR count). The molecule has 1 N–H and O–H groups in total. The average molecular weight is 332 g/mol. The van der Waals surface area contributed by atoms with Gasteiger partial charge in [0.05, 0.1) is 5.69 Å². The molecular weight excluding hydrogens is 304 g/mol. The molecule has 25 heavy (non-hydrogen) atoms. The molecule has 1 heterocycles. The normalized spacial score (nSPS) is 16.2. The van der Waals surface area contributed by atoms with Crippen LogP contribution < -0.4 is 0 Å². The summed E-state index contributed by atoms with van der Waals surface area (Å²) >= 11 is 0. The molecule has 2 nitrogen and oxygen atoms in total. The molecule has 0 bridgehead atoms. The van der Waals surface area contributed by atoms with E-state index in [2.05, 4.69) is 71.3 Å². The number of allylic oxidation sites excluding steroid dienone is 3. The van der Waals surface area contributed by atoms with Gasteiger partial charge in [0, 0.05) is 23.2 Å². The van der Waals surface area contributed by atoms with Gasteiger partial charge >= 0.3 is 0 Å². The summed E-state index contributed by atoms with van der Waals surface area (Å²) in [5.41, 5.74) is 6.78. The van der Waals surface area contributed by atoms with Crippen LogP contribution >= 0.6 is 0 Å². The fraction of sp³-hybridized carbons (Fsp3) is 0.391. The summed E-state index contributed by atoms with van der Waals surface area (Å²) in [5, 5.41) is 10.2. The lowest BCUT2D eigenvalue weighted by Gasteiger charge is -2.37. The minimum absolute atomic E-state index is 0.194. The molecule has 1 aliphatic rings. The van der Waals surface area contributed by atoms with Gasteiger partial charge in [-0.2, -0.15) is 0 Å². The number of benzene rings is 1. The van der Waals surface area contributed by atoms with E-state index in [0.29, 0.717) is 0 Å². The standard InChI is InChI=1S/C23H28N2/c1-14(13-24)20-15(2)21-19-17(8-9-25-21)10-16(12-22(3,4)5)11-18(19)23(20,6)7/h8-11,13,24H,1,12H2,2-7H3. The first-order chi connectivity index (χ1) is 11.6. The largest absolute Gasteiger partial charge is 0.308 e. The van der Waals surface area contributed by atoms with Gasteiger partial charge in [-0.15, -0.1) is 0 Å². The van der Waals surface area contributed by atoms with Crippen LogP contribution in [-0.2, 0) is 11.8 Å². The predicted molar refractivity (Wildman–Crippen MR) is 108 cm³/mol. The van der Waals surface area contributed by atoms with Gasteiger partial charge in [-0.1, -0.05) is 53.3 Å². The Balaban J connectivity index is 2.37. The minimum Gasteiger partial charge on any atom is -0.308 e. The van der Waals surface area contributed by atoms with E-state index in [4.69, 9.17) is 5.41 Å². The van der Waals surface area contributed by atoms with E-state index in [9.17, 15) is 0 Å². The zero-order valence-electron chi connectivity index (χ0n) is 16.2. The van der Waals surface area contributed by atoms with Gasteiger partial charge in [-0.05, 0) is 58.1 Å². The molecule has 0 amide bonds. The molecule has 130 valence electrons. The lowest BCUT2D eigenvalue weighted by molar-refractivity contribution is 0.411. The molecular formula is C23H28N2. The molecule has 0 aliphatic heterocycles.